The van der Waals surface area contributed by atoms with Gasteiger partial charge in [-0.05, 0) is 26.7 Å². The maximum Gasteiger partial charge on any atom is 0.276 e. The van der Waals surface area contributed by atoms with E-state index in [9.17, 15) is 9.59 Å². The normalized spacial score (nSPS) is 10.8. The summed E-state index contributed by atoms with van der Waals surface area (Å²) in [5.74, 6) is 0.506. The molecule has 0 atom stereocenters. The molecule has 6 heteroatoms. The van der Waals surface area contributed by atoms with Crippen molar-refractivity contribution in [3.8, 4) is 5.88 Å². The fourth-order valence-electron chi connectivity index (χ4n) is 1.90. The zero-order valence-electron chi connectivity index (χ0n) is 11.1. The Bertz CT molecular complexity index is 642. The van der Waals surface area contributed by atoms with E-state index in [1.807, 2.05) is 13.0 Å². The summed E-state index contributed by atoms with van der Waals surface area (Å²) < 4.78 is 6.61. The Morgan fingerprint density at radius 3 is 2.95 bits per heavy atom. The molecule has 2 aromatic heterocycles. The lowest BCUT2D eigenvalue weighted by molar-refractivity contribution is -0.117. The summed E-state index contributed by atoms with van der Waals surface area (Å²) >= 11 is 0. The van der Waals surface area contributed by atoms with Gasteiger partial charge in [0, 0.05) is 18.2 Å². The number of nitrogens with one attached hydrogen (secondary N) is 1. The predicted octanol–water partition coefficient (Wildman–Crippen LogP) is 1.33. The van der Waals surface area contributed by atoms with Crippen molar-refractivity contribution >= 4 is 11.4 Å². The van der Waals surface area contributed by atoms with Gasteiger partial charge in [-0.2, -0.15) is 4.98 Å². The SMILES string of the molecule is CCOc1cc(=O)n2[nH]c(CCCC(C)=O)cc2n1. The quantitative estimate of drug-likeness (QED) is 0.853. The number of ether oxygens (including phenoxy) is 1. The Morgan fingerprint density at radius 1 is 1.47 bits per heavy atom. The van der Waals surface area contributed by atoms with Crippen LogP contribution in [0.25, 0.3) is 5.65 Å². The maximum absolute atomic E-state index is 11.8. The smallest absolute Gasteiger partial charge is 0.276 e. The number of hydrogen-bond acceptors (Lipinski definition) is 4. The maximum atomic E-state index is 11.8. The summed E-state index contributed by atoms with van der Waals surface area (Å²) in [7, 11) is 0. The first-order valence-corrected chi connectivity index (χ1v) is 6.34. The van der Waals surface area contributed by atoms with Crippen LogP contribution in [0.4, 0.5) is 0 Å². The lowest BCUT2D eigenvalue weighted by Gasteiger charge is -2.00. The van der Waals surface area contributed by atoms with E-state index in [4.69, 9.17) is 4.74 Å². The van der Waals surface area contributed by atoms with Crippen LogP contribution >= 0.6 is 0 Å². The van der Waals surface area contributed by atoms with Gasteiger partial charge in [-0.25, -0.2) is 4.52 Å². The van der Waals surface area contributed by atoms with Gasteiger partial charge in [-0.1, -0.05) is 0 Å². The van der Waals surface area contributed by atoms with Gasteiger partial charge in [-0.15, -0.1) is 0 Å². The number of hydrogen-bond donors (Lipinski definition) is 1. The van der Waals surface area contributed by atoms with Crippen molar-refractivity contribution in [2.75, 3.05) is 6.61 Å². The highest BCUT2D eigenvalue weighted by Crippen LogP contribution is 2.09. The number of aromatic nitrogens is 3. The zero-order valence-corrected chi connectivity index (χ0v) is 11.1. The summed E-state index contributed by atoms with van der Waals surface area (Å²) in [5, 5.41) is 2.98. The molecule has 0 aliphatic heterocycles. The van der Waals surface area contributed by atoms with E-state index < -0.39 is 0 Å². The molecular formula is C13H17N3O3. The van der Waals surface area contributed by atoms with E-state index in [1.54, 1.807) is 6.92 Å². The van der Waals surface area contributed by atoms with Gasteiger partial charge < -0.3 is 9.53 Å². The molecule has 0 saturated carbocycles. The van der Waals surface area contributed by atoms with Crippen LogP contribution in [0.2, 0.25) is 0 Å². The van der Waals surface area contributed by atoms with E-state index >= 15 is 0 Å². The third-order valence-electron chi connectivity index (χ3n) is 2.75. The molecule has 19 heavy (non-hydrogen) atoms. The lowest BCUT2D eigenvalue weighted by Crippen LogP contribution is -2.14. The van der Waals surface area contributed by atoms with Gasteiger partial charge in [0.25, 0.3) is 5.56 Å². The highest BCUT2D eigenvalue weighted by Gasteiger charge is 2.07. The first-order chi connectivity index (χ1) is 9.10. The molecule has 0 radical (unpaired) electrons. The number of fused-ring (bicyclic) bond motifs is 1. The molecule has 0 fully saturated rings. The fraction of sp³-hybridized carbons (Fsp3) is 0.462. The minimum absolute atomic E-state index is 0.171. The molecule has 1 N–H and O–H groups in total. The average Bonchev–Trinajstić information content (AvgIpc) is 2.72. The van der Waals surface area contributed by atoms with Crippen molar-refractivity contribution in [1.29, 1.82) is 0 Å². The summed E-state index contributed by atoms with van der Waals surface area (Å²) in [6, 6.07) is 3.16. The topological polar surface area (TPSA) is 76.5 Å². The minimum atomic E-state index is -0.203. The van der Waals surface area contributed by atoms with E-state index in [-0.39, 0.29) is 11.3 Å². The fourth-order valence-corrected chi connectivity index (χ4v) is 1.90. The average molecular weight is 263 g/mol. The number of rotatable bonds is 6. The minimum Gasteiger partial charge on any atom is -0.478 e. The van der Waals surface area contributed by atoms with Crippen LogP contribution in [0.5, 0.6) is 5.88 Å². The molecule has 2 aromatic rings. The van der Waals surface area contributed by atoms with Crippen LogP contribution < -0.4 is 10.3 Å². The lowest BCUT2D eigenvalue weighted by atomic mass is 10.1. The second-order valence-corrected chi connectivity index (χ2v) is 4.40. The van der Waals surface area contributed by atoms with Crippen LogP contribution in [0.15, 0.2) is 16.9 Å². The Balaban J connectivity index is 2.22. The number of aryl methyl sites for hydroxylation is 1. The monoisotopic (exact) mass is 263 g/mol. The Morgan fingerprint density at radius 2 is 2.26 bits per heavy atom. The van der Waals surface area contributed by atoms with E-state index in [2.05, 4.69) is 10.1 Å². The first kappa shape index (κ1) is 13.3. The van der Waals surface area contributed by atoms with Gasteiger partial charge in [0.05, 0.1) is 12.7 Å². The highest BCUT2D eigenvalue weighted by atomic mass is 16.5. The predicted molar refractivity (Wildman–Crippen MR) is 70.6 cm³/mol. The summed E-state index contributed by atoms with van der Waals surface area (Å²) in [5.41, 5.74) is 1.22. The molecule has 6 nitrogen and oxygen atoms in total. The largest absolute Gasteiger partial charge is 0.478 e. The van der Waals surface area contributed by atoms with Crippen LogP contribution in [0.1, 0.15) is 32.4 Å². The second kappa shape index (κ2) is 5.69. The summed E-state index contributed by atoms with van der Waals surface area (Å²) in [4.78, 5) is 26.9. The molecule has 2 heterocycles. The third kappa shape index (κ3) is 3.21. The van der Waals surface area contributed by atoms with Crippen molar-refractivity contribution in [3.05, 3.63) is 28.2 Å². The molecule has 102 valence electrons. The first-order valence-electron chi connectivity index (χ1n) is 6.34. The van der Waals surface area contributed by atoms with E-state index in [1.165, 1.54) is 10.6 Å². The Labute approximate surface area is 110 Å². The summed E-state index contributed by atoms with van der Waals surface area (Å²) in [6.45, 7) is 3.89. The number of ketones is 1. The standard InChI is InChI=1S/C13H17N3O3/c1-3-19-12-8-13(18)16-11(14-12)7-10(15-16)6-4-5-9(2)17/h7-8,15H,3-6H2,1-2H3. The van der Waals surface area contributed by atoms with Crippen molar-refractivity contribution in [3.63, 3.8) is 0 Å². The van der Waals surface area contributed by atoms with Crippen molar-refractivity contribution < 1.29 is 9.53 Å². The molecule has 0 aromatic carbocycles. The second-order valence-electron chi connectivity index (χ2n) is 4.40. The highest BCUT2D eigenvalue weighted by molar-refractivity contribution is 5.75. The molecular weight excluding hydrogens is 246 g/mol. The molecule has 0 aliphatic rings. The number of carbonyl (C=O) groups is 1. The molecule has 0 saturated heterocycles. The molecule has 0 amide bonds. The van der Waals surface area contributed by atoms with Gasteiger partial charge in [-0.3, -0.25) is 9.89 Å². The number of nitrogens with zero attached hydrogens (tertiary/aromatic N) is 2. The van der Waals surface area contributed by atoms with Crippen molar-refractivity contribution in [2.45, 2.75) is 33.1 Å². The number of aromatic amines is 1. The van der Waals surface area contributed by atoms with Crippen LogP contribution in [-0.4, -0.2) is 27.0 Å². The van der Waals surface area contributed by atoms with Gasteiger partial charge in [0.15, 0.2) is 5.65 Å². The van der Waals surface area contributed by atoms with Gasteiger partial charge in [0.1, 0.15) is 5.78 Å². The third-order valence-corrected chi connectivity index (χ3v) is 2.75. The van der Waals surface area contributed by atoms with E-state index in [0.717, 1.165) is 12.1 Å². The number of carbonyl (C=O) groups excluding carboxylic acids is 1. The van der Waals surface area contributed by atoms with Crippen LogP contribution in [0, 0.1) is 0 Å². The van der Waals surface area contributed by atoms with Crippen molar-refractivity contribution in [1.82, 2.24) is 14.6 Å². The Kier molecular flexibility index (Phi) is 3.99. The number of Topliss-reactive ketones (excluding diaryl/α,β-unsaturated/α-hetero) is 1. The van der Waals surface area contributed by atoms with Crippen molar-refractivity contribution in [2.24, 2.45) is 0 Å². The number of H-pyrrole nitrogens is 1. The van der Waals surface area contributed by atoms with Crippen LogP contribution in [0.3, 0.4) is 0 Å². The molecule has 0 spiro atoms. The summed E-state index contributed by atoms with van der Waals surface area (Å²) in [6.07, 6.45) is 2.02. The molecule has 0 bridgehead atoms. The molecule has 0 unspecified atom stereocenters. The zero-order chi connectivity index (χ0) is 13.8. The Hall–Kier alpha value is -2.11. The molecule has 2 rings (SSSR count). The molecule has 0 aliphatic carbocycles. The van der Waals surface area contributed by atoms with Gasteiger partial charge in [0.2, 0.25) is 5.88 Å². The van der Waals surface area contributed by atoms with Gasteiger partial charge >= 0.3 is 0 Å². The van der Waals surface area contributed by atoms with E-state index in [0.29, 0.717) is 31.0 Å². The van der Waals surface area contributed by atoms with Crippen LogP contribution in [-0.2, 0) is 11.2 Å².